The molecule has 18 heavy (non-hydrogen) atoms. The van der Waals surface area contributed by atoms with Gasteiger partial charge in [0.25, 0.3) is 0 Å². The van der Waals surface area contributed by atoms with Crippen molar-refractivity contribution in [2.45, 2.75) is 5.54 Å². The number of benzene rings is 1. The molecule has 1 unspecified atom stereocenters. The van der Waals surface area contributed by atoms with E-state index in [4.69, 9.17) is 14.2 Å². The van der Waals surface area contributed by atoms with Gasteiger partial charge in [-0.25, -0.2) is 4.99 Å². The van der Waals surface area contributed by atoms with Crippen LogP contribution in [0.2, 0.25) is 0 Å². The fourth-order valence-electron chi connectivity index (χ4n) is 2.57. The van der Waals surface area contributed by atoms with Crippen LogP contribution < -0.4 is 4.74 Å². The van der Waals surface area contributed by atoms with Gasteiger partial charge < -0.3 is 14.2 Å². The molecule has 0 saturated carbocycles. The maximum Gasteiger partial charge on any atom is 0.187 e. The summed E-state index contributed by atoms with van der Waals surface area (Å²) in [7, 11) is 0. The van der Waals surface area contributed by atoms with E-state index in [1.165, 1.54) is 6.40 Å². The molecule has 4 nitrogen and oxygen atoms in total. The van der Waals surface area contributed by atoms with Crippen molar-refractivity contribution in [2.24, 2.45) is 4.99 Å². The lowest BCUT2D eigenvalue weighted by Crippen LogP contribution is -2.35. The number of hydrogen-bond acceptors (Lipinski definition) is 4. The van der Waals surface area contributed by atoms with Gasteiger partial charge in [-0.05, 0) is 18.2 Å². The molecular formula is C14H11NO3. The quantitative estimate of drug-likeness (QED) is 0.698. The third-order valence-corrected chi connectivity index (χ3v) is 3.38. The molecule has 0 aliphatic carbocycles. The van der Waals surface area contributed by atoms with Crippen molar-refractivity contribution in [1.82, 2.24) is 0 Å². The van der Waals surface area contributed by atoms with Crippen molar-refractivity contribution >= 4 is 6.40 Å². The largest absolute Gasteiger partial charge is 0.487 e. The third kappa shape index (κ3) is 1.12. The Morgan fingerprint density at radius 3 is 3.06 bits per heavy atom. The summed E-state index contributed by atoms with van der Waals surface area (Å²) in [6.45, 7) is 1.00. The van der Waals surface area contributed by atoms with Crippen LogP contribution in [-0.2, 0) is 15.0 Å². The van der Waals surface area contributed by atoms with E-state index in [0.29, 0.717) is 13.2 Å². The van der Waals surface area contributed by atoms with Crippen LogP contribution in [0, 0.1) is 0 Å². The van der Waals surface area contributed by atoms with Gasteiger partial charge in [0.2, 0.25) is 0 Å². The Morgan fingerprint density at radius 2 is 2.17 bits per heavy atom. The van der Waals surface area contributed by atoms with Crippen LogP contribution in [0.25, 0.3) is 0 Å². The second-order valence-electron chi connectivity index (χ2n) is 4.41. The highest BCUT2D eigenvalue weighted by atomic mass is 16.5. The molecule has 1 aromatic rings. The van der Waals surface area contributed by atoms with Gasteiger partial charge in [0, 0.05) is 5.56 Å². The standard InChI is InChI=1S/C14H11NO3/c1-2-5-11-10(4-1)14(8-16-9-15-14)13-12(18-11)6-3-7-17-13/h1-6,9H,7-8H2. The summed E-state index contributed by atoms with van der Waals surface area (Å²) in [6, 6.07) is 7.87. The van der Waals surface area contributed by atoms with E-state index in [2.05, 4.69) is 4.99 Å². The van der Waals surface area contributed by atoms with E-state index in [9.17, 15) is 0 Å². The molecule has 1 atom stereocenters. The average Bonchev–Trinajstić information content (AvgIpc) is 2.90. The molecule has 3 heterocycles. The van der Waals surface area contributed by atoms with Gasteiger partial charge in [-0.2, -0.15) is 0 Å². The van der Waals surface area contributed by atoms with E-state index < -0.39 is 5.54 Å². The monoisotopic (exact) mass is 241 g/mol. The minimum atomic E-state index is -0.574. The van der Waals surface area contributed by atoms with Gasteiger partial charge in [0.15, 0.2) is 23.5 Å². The molecule has 4 heteroatoms. The van der Waals surface area contributed by atoms with Gasteiger partial charge in [0.05, 0.1) is 0 Å². The molecule has 0 bridgehead atoms. The first-order chi connectivity index (χ1) is 8.90. The van der Waals surface area contributed by atoms with E-state index in [1.54, 1.807) is 0 Å². The second-order valence-corrected chi connectivity index (χ2v) is 4.41. The zero-order chi connectivity index (χ0) is 12.0. The Balaban J connectivity index is 1.99. The molecule has 0 saturated heterocycles. The second kappa shape index (κ2) is 3.38. The molecule has 0 radical (unpaired) electrons. The number of fused-ring (bicyclic) bond motifs is 3. The minimum Gasteiger partial charge on any atom is -0.487 e. The van der Waals surface area contributed by atoms with Crippen LogP contribution in [0.3, 0.4) is 0 Å². The zero-order valence-electron chi connectivity index (χ0n) is 9.63. The lowest BCUT2D eigenvalue weighted by Gasteiger charge is -2.35. The first-order valence-corrected chi connectivity index (χ1v) is 5.87. The predicted molar refractivity (Wildman–Crippen MR) is 65.3 cm³/mol. The van der Waals surface area contributed by atoms with Crippen molar-refractivity contribution in [3.05, 3.63) is 53.5 Å². The average molecular weight is 241 g/mol. The van der Waals surface area contributed by atoms with Crippen molar-refractivity contribution in [3.8, 4) is 5.75 Å². The maximum atomic E-state index is 5.86. The summed E-state index contributed by atoms with van der Waals surface area (Å²) in [5.74, 6) is 2.29. The Kier molecular flexibility index (Phi) is 1.84. The topological polar surface area (TPSA) is 40.0 Å². The van der Waals surface area contributed by atoms with Crippen molar-refractivity contribution < 1.29 is 14.2 Å². The van der Waals surface area contributed by atoms with Crippen LogP contribution in [0.5, 0.6) is 5.75 Å². The molecule has 0 amide bonds. The predicted octanol–water partition coefficient (Wildman–Crippen LogP) is 2.13. The Hall–Kier alpha value is -2.23. The van der Waals surface area contributed by atoms with Crippen LogP contribution in [0.15, 0.2) is 52.9 Å². The minimum absolute atomic E-state index is 0.458. The van der Waals surface area contributed by atoms with E-state index in [0.717, 1.165) is 22.8 Å². The highest BCUT2D eigenvalue weighted by Crippen LogP contribution is 2.47. The smallest absolute Gasteiger partial charge is 0.187 e. The summed E-state index contributed by atoms with van der Waals surface area (Å²) in [4.78, 5) is 4.51. The van der Waals surface area contributed by atoms with Crippen LogP contribution in [0.4, 0.5) is 0 Å². The summed E-state index contributed by atoms with van der Waals surface area (Å²) in [5.41, 5.74) is 0.419. The Labute approximate surface area is 104 Å². The summed E-state index contributed by atoms with van der Waals surface area (Å²) < 4.78 is 17.0. The van der Waals surface area contributed by atoms with Crippen molar-refractivity contribution in [1.29, 1.82) is 0 Å². The number of para-hydroxylation sites is 1. The fraction of sp³-hybridized carbons (Fsp3) is 0.214. The first-order valence-electron chi connectivity index (χ1n) is 5.87. The van der Waals surface area contributed by atoms with Crippen LogP contribution in [-0.4, -0.2) is 19.6 Å². The Morgan fingerprint density at radius 1 is 1.22 bits per heavy atom. The molecule has 90 valence electrons. The van der Waals surface area contributed by atoms with Gasteiger partial charge in [0.1, 0.15) is 19.0 Å². The van der Waals surface area contributed by atoms with E-state index in [-0.39, 0.29) is 0 Å². The summed E-state index contributed by atoms with van der Waals surface area (Å²) in [5, 5.41) is 0. The fourth-order valence-corrected chi connectivity index (χ4v) is 2.57. The Bertz CT molecular complexity index is 603. The van der Waals surface area contributed by atoms with Crippen molar-refractivity contribution in [3.63, 3.8) is 0 Å². The molecule has 0 N–H and O–H groups in total. The van der Waals surface area contributed by atoms with E-state index >= 15 is 0 Å². The van der Waals surface area contributed by atoms with Crippen LogP contribution in [0.1, 0.15) is 5.56 Å². The highest BCUT2D eigenvalue weighted by Gasteiger charge is 2.48. The highest BCUT2D eigenvalue weighted by molar-refractivity contribution is 5.59. The van der Waals surface area contributed by atoms with Crippen LogP contribution >= 0.6 is 0 Å². The summed E-state index contributed by atoms with van der Waals surface area (Å²) in [6.07, 6.45) is 5.36. The SMILES string of the molecule is C1=CC2=C(OC1)C1(COC=N1)c1ccccc1O2. The molecule has 3 aliphatic rings. The summed E-state index contributed by atoms with van der Waals surface area (Å²) >= 11 is 0. The van der Waals surface area contributed by atoms with Gasteiger partial charge in [-0.1, -0.05) is 18.2 Å². The van der Waals surface area contributed by atoms with Gasteiger partial charge >= 0.3 is 0 Å². The lowest BCUT2D eigenvalue weighted by atomic mass is 9.86. The molecule has 0 fully saturated rings. The third-order valence-electron chi connectivity index (χ3n) is 3.38. The van der Waals surface area contributed by atoms with Gasteiger partial charge in [-0.3, -0.25) is 0 Å². The molecule has 0 aromatic heterocycles. The molecule has 4 rings (SSSR count). The number of allylic oxidation sites excluding steroid dienone is 1. The number of hydrogen-bond donors (Lipinski definition) is 0. The number of aliphatic imine (C=N–C) groups is 1. The molecule has 1 spiro atoms. The number of rotatable bonds is 0. The number of nitrogens with zero attached hydrogens (tertiary/aromatic N) is 1. The van der Waals surface area contributed by atoms with E-state index in [1.807, 2.05) is 36.4 Å². The number of ether oxygens (including phenoxy) is 3. The zero-order valence-corrected chi connectivity index (χ0v) is 9.63. The normalized spacial score (nSPS) is 27.3. The van der Waals surface area contributed by atoms with Crippen molar-refractivity contribution in [2.75, 3.05) is 13.2 Å². The van der Waals surface area contributed by atoms with Gasteiger partial charge in [-0.15, -0.1) is 0 Å². The molecular weight excluding hydrogens is 230 g/mol. The molecule has 3 aliphatic heterocycles. The maximum absolute atomic E-state index is 5.86. The first kappa shape index (κ1) is 9.76. The lowest BCUT2D eigenvalue weighted by molar-refractivity contribution is 0.133. The molecule has 1 aromatic carbocycles.